The normalized spacial score (nSPS) is 10.2. The Labute approximate surface area is 174 Å². The van der Waals surface area contributed by atoms with Crippen LogP contribution in [0.5, 0.6) is 11.5 Å². The maximum absolute atomic E-state index is 12.7. The summed E-state index contributed by atoms with van der Waals surface area (Å²) in [7, 11) is 0. The molecule has 0 unspecified atom stereocenters. The number of carbonyl (C=O) groups is 1. The molecule has 0 atom stereocenters. The van der Waals surface area contributed by atoms with E-state index in [1.165, 1.54) is 10.5 Å². The summed E-state index contributed by atoms with van der Waals surface area (Å²) in [6, 6.07) is 15.7. The summed E-state index contributed by atoms with van der Waals surface area (Å²) in [5.41, 5.74) is -0.0519. The molecule has 1 amide bonds. The summed E-state index contributed by atoms with van der Waals surface area (Å²) in [6.45, 7) is 0. The molecule has 27 heavy (non-hydrogen) atoms. The summed E-state index contributed by atoms with van der Waals surface area (Å²) in [4.78, 5) is 25.2. The first kappa shape index (κ1) is 18.8. The molecule has 1 aromatic carbocycles. The van der Waals surface area contributed by atoms with Crippen molar-refractivity contribution in [2.45, 2.75) is 0 Å². The number of hydrogen-bond acceptors (Lipinski definition) is 6. The van der Waals surface area contributed by atoms with Gasteiger partial charge in [0.05, 0.1) is 5.52 Å². The smallest absolute Gasteiger partial charge is 0.270 e. The predicted octanol–water partition coefficient (Wildman–Crippen LogP) is 1.48. The molecule has 0 saturated heterocycles. The minimum Gasteiger partial charge on any atom is -0.455 e. The molecule has 0 aliphatic rings. The molecular weight excluding hydrogens is 359 g/mol. The van der Waals surface area contributed by atoms with Gasteiger partial charge < -0.3 is 4.74 Å². The second-order valence-electron chi connectivity index (χ2n) is 5.29. The van der Waals surface area contributed by atoms with Gasteiger partial charge in [-0.1, -0.05) is 29.4 Å². The van der Waals surface area contributed by atoms with Crippen molar-refractivity contribution >= 4 is 46.9 Å². The van der Waals surface area contributed by atoms with E-state index in [9.17, 15) is 9.59 Å². The summed E-state index contributed by atoms with van der Waals surface area (Å²) < 4.78 is 7.23. The molecule has 3 aromatic heterocycles. The Balaban J connectivity index is 0.00000210. The quantitative estimate of drug-likeness (QED) is 0.525. The van der Waals surface area contributed by atoms with Crippen molar-refractivity contribution in [3.8, 4) is 11.5 Å². The average Bonchev–Trinajstić information content (AvgIpc) is 3.18. The van der Waals surface area contributed by atoms with Gasteiger partial charge in [0.25, 0.3) is 17.4 Å². The van der Waals surface area contributed by atoms with Crippen LogP contribution < -0.4 is 15.6 Å². The van der Waals surface area contributed by atoms with Crippen molar-refractivity contribution < 1.29 is 9.53 Å². The molecule has 0 bridgehead atoms. The van der Waals surface area contributed by atoms with Crippen molar-refractivity contribution in [1.29, 1.82) is 0 Å². The Hall–Kier alpha value is -3.01. The van der Waals surface area contributed by atoms with Gasteiger partial charge in [-0.25, -0.2) is 0 Å². The number of aromatic amines is 1. The molecule has 2 N–H and O–H groups in total. The van der Waals surface area contributed by atoms with Gasteiger partial charge in [0.2, 0.25) is 0 Å². The molecule has 4 aromatic rings. The fourth-order valence-corrected chi connectivity index (χ4v) is 2.46. The fourth-order valence-electron chi connectivity index (χ4n) is 2.46. The summed E-state index contributed by atoms with van der Waals surface area (Å²) >= 11 is 0. The van der Waals surface area contributed by atoms with Gasteiger partial charge >= 0.3 is 0 Å². The van der Waals surface area contributed by atoms with E-state index in [0.29, 0.717) is 17.0 Å². The fraction of sp³-hybridized carbons (Fsp3) is 0. The maximum atomic E-state index is 12.7. The van der Waals surface area contributed by atoms with Gasteiger partial charge in [-0.05, 0) is 29.5 Å². The Morgan fingerprint density at radius 2 is 1.89 bits per heavy atom. The van der Waals surface area contributed by atoms with Crippen LogP contribution in [-0.4, -0.2) is 60.5 Å². The maximum Gasteiger partial charge on any atom is 0.270 e. The van der Waals surface area contributed by atoms with E-state index in [0.717, 1.165) is 0 Å². The van der Waals surface area contributed by atoms with Crippen molar-refractivity contribution in [2.24, 2.45) is 0 Å². The number of amides is 1. The summed E-state index contributed by atoms with van der Waals surface area (Å²) in [5, 5.41) is 15.3. The number of fused-ring (bicyclic) bond motifs is 1. The molecule has 129 valence electrons. The van der Waals surface area contributed by atoms with Crippen LogP contribution in [0, 0.1) is 0 Å². The Morgan fingerprint density at radius 3 is 2.63 bits per heavy atom. The molecular formula is C17H12N6NaO3. The number of nitrogens with zero attached hydrogens (tertiary/aromatic N) is 4. The van der Waals surface area contributed by atoms with Gasteiger partial charge in [0.1, 0.15) is 11.3 Å². The summed E-state index contributed by atoms with van der Waals surface area (Å²) in [5.74, 6) is 0.266. The monoisotopic (exact) mass is 371 g/mol. The van der Waals surface area contributed by atoms with E-state index < -0.39 is 11.5 Å². The Kier molecular flexibility index (Phi) is 5.65. The number of benzene rings is 1. The first-order chi connectivity index (χ1) is 12.7. The molecule has 3 heterocycles. The van der Waals surface area contributed by atoms with Crippen LogP contribution in [0.1, 0.15) is 10.4 Å². The zero-order valence-corrected chi connectivity index (χ0v) is 16.3. The molecule has 9 nitrogen and oxygen atoms in total. The standard InChI is InChI=1S/C17H12N6O3.Na/c24-15(18-17-19-21-22-20-17)12-10-14(26-11-6-2-1-3-7-11)13-8-4-5-9-23(13)16(12)25;/h1-10H,(H2,18,19,20,21,22,24);. The molecule has 0 saturated carbocycles. The number of carbonyl (C=O) groups excluding carboxylic acids is 1. The van der Waals surface area contributed by atoms with Crippen LogP contribution in [0.25, 0.3) is 5.52 Å². The van der Waals surface area contributed by atoms with Gasteiger partial charge in [-0.15, -0.1) is 5.10 Å². The van der Waals surface area contributed by atoms with Crippen molar-refractivity contribution in [3.63, 3.8) is 0 Å². The van der Waals surface area contributed by atoms with Gasteiger partial charge in [0.15, 0.2) is 5.75 Å². The van der Waals surface area contributed by atoms with Gasteiger partial charge in [-0.3, -0.25) is 19.3 Å². The van der Waals surface area contributed by atoms with Crippen LogP contribution in [0.4, 0.5) is 5.95 Å². The molecule has 4 rings (SSSR count). The number of aromatic nitrogens is 5. The summed E-state index contributed by atoms with van der Waals surface area (Å²) in [6.07, 6.45) is 1.57. The number of H-pyrrole nitrogens is 1. The molecule has 10 heteroatoms. The number of nitrogens with one attached hydrogen (secondary N) is 2. The molecule has 0 spiro atoms. The number of pyridine rings is 2. The first-order valence-electron chi connectivity index (χ1n) is 7.64. The largest absolute Gasteiger partial charge is 0.455 e. The first-order valence-corrected chi connectivity index (χ1v) is 7.64. The number of para-hydroxylation sites is 1. The Morgan fingerprint density at radius 1 is 1.11 bits per heavy atom. The van der Waals surface area contributed by atoms with E-state index >= 15 is 0 Å². The van der Waals surface area contributed by atoms with Crippen LogP contribution in [0.15, 0.2) is 65.6 Å². The van der Waals surface area contributed by atoms with E-state index in [-0.39, 0.29) is 41.1 Å². The Bertz CT molecular complexity index is 1130. The van der Waals surface area contributed by atoms with E-state index in [1.807, 2.05) is 18.2 Å². The minimum absolute atomic E-state index is 0. The number of tetrazole rings is 1. The number of anilines is 1. The van der Waals surface area contributed by atoms with Gasteiger partial charge in [-0.2, -0.15) is 5.21 Å². The zero-order valence-electron chi connectivity index (χ0n) is 14.3. The second-order valence-corrected chi connectivity index (χ2v) is 5.29. The third-order valence-electron chi connectivity index (χ3n) is 3.62. The van der Waals surface area contributed by atoms with Crippen molar-refractivity contribution in [2.75, 3.05) is 5.32 Å². The third-order valence-corrected chi connectivity index (χ3v) is 3.62. The molecule has 1 radical (unpaired) electrons. The zero-order chi connectivity index (χ0) is 17.9. The molecule has 0 fully saturated rings. The SMILES string of the molecule is O=C(Nc1nn[nH]n1)c1cc(Oc2ccccc2)c2ccccn2c1=O.[Na]. The van der Waals surface area contributed by atoms with Crippen LogP contribution in [0.3, 0.4) is 0 Å². The molecule has 0 aliphatic carbocycles. The number of hydrogen-bond donors (Lipinski definition) is 2. The van der Waals surface area contributed by atoms with Crippen molar-refractivity contribution in [1.82, 2.24) is 25.0 Å². The predicted molar refractivity (Wildman–Crippen MR) is 98.1 cm³/mol. The van der Waals surface area contributed by atoms with Crippen LogP contribution >= 0.6 is 0 Å². The van der Waals surface area contributed by atoms with Gasteiger partial charge in [0, 0.05) is 41.8 Å². The van der Waals surface area contributed by atoms with Crippen LogP contribution in [-0.2, 0) is 0 Å². The van der Waals surface area contributed by atoms with E-state index in [1.54, 1.807) is 36.5 Å². The number of ether oxygens (including phenoxy) is 1. The minimum atomic E-state index is -0.660. The van der Waals surface area contributed by atoms with E-state index in [2.05, 4.69) is 25.9 Å². The molecule has 0 aliphatic heterocycles. The van der Waals surface area contributed by atoms with E-state index in [4.69, 9.17) is 4.74 Å². The topological polar surface area (TPSA) is 114 Å². The average molecular weight is 371 g/mol. The number of rotatable bonds is 4. The van der Waals surface area contributed by atoms with Crippen molar-refractivity contribution in [3.05, 3.63) is 76.7 Å². The second kappa shape index (κ2) is 8.12. The third kappa shape index (κ3) is 3.90. The van der Waals surface area contributed by atoms with Crippen LogP contribution in [0.2, 0.25) is 0 Å².